The van der Waals surface area contributed by atoms with Crippen LogP contribution in [0.2, 0.25) is 0 Å². The van der Waals surface area contributed by atoms with E-state index in [2.05, 4.69) is 40.7 Å². The van der Waals surface area contributed by atoms with E-state index in [1.165, 1.54) is 18.4 Å². The van der Waals surface area contributed by atoms with Crippen molar-refractivity contribution in [1.29, 1.82) is 0 Å². The molecular formula is C18H26O2. The zero-order chi connectivity index (χ0) is 15.1. The Morgan fingerprint density at radius 1 is 1.15 bits per heavy atom. The van der Waals surface area contributed by atoms with Gasteiger partial charge in [-0.2, -0.15) is 0 Å². The van der Waals surface area contributed by atoms with Gasteiger partial charge in [-0.25, -0.2) is 4.79 Å². The first kappa shape index (κ1) is 15.1. The molecule has 0 bridgehead atoms. The maximum Gasteiger partial charge on any atom is 0.335 e. The Morgan fingerprint density at radius 3 is 2.15 bits per heavy atom. The minimum absolute atomic E-state index is 0.0137. The second kappa shape index (κ2) is 4.91. The number of rotatable bonds is 5. The maximum atomic E-state index is 11.4. The fraction of sp³-hybridized carbons (Fsp3) is 0.611. The molecule has 1 fully saturated rings. The molecule has 1 aromatic rings. The van der Waals surface area contributed by atoms with Gasteiger partial charge in [-0.15, -0.1) is 0 Å². The number of hydrogen-bond acceptors (Lipinski definition) is 1. The van der Waals surface area contributed by atoms with E-state index in [9.17, 15) is 9.90 Å². The average Bonchev–Trinajstić information content (AvgIpc) is 3.22. The molecule has 1 aliphatic rings. The molecule has 1 aliphatic carbocycles. The van der Waals surface area contributed by atoms with Crippen molar-refractivity contribution < 1.29 is 9.90 Å². The van der Waals surface area contributed by atoms with Crippen LogP contribution in [0, 0.1) is 5.92 Å². The van der Waals surface area contributed by atoms with E-state index >= 15 is 0 Å². The van der Waals surface area contributed by atoms with E-state index < -0.39 is 5.97 Å². The van der Waals surface area contributed by atoms with Crippen LogP contribution in [-0.4, -0.2) is 11.1 Å². The van der Waals surface area contributed by atoms with Crippen LogP contribution in [0.1, 0.15) is 75.4 Å². The summed E-state index contributed by atoms with van der Waals surface area (Å²) in [6.07, 6.45) is 3.52. The van der Waals surface area contributed by atoms with Crippen LogP contribution in [0.25, 0.3) is 0 Å². The van der Waals surface area contributed by atoms with Gasteiger partial charge in [-0.3, -0.25) is 0 Å². The van der Waals surface area contributed by atoms with Gasteiger partial charge in [0.1, 0.15) is 0 Å². The average molecular weight is 274 g/mol. The number of carbonyl (C=O) groups is 1. The molecule has 0 amide bonds. The summed E-state index contributed by atoms with van der Waals surface area (Å²) in [4.78, 5) is 11.4. The first-order valence-electron chi connectivity index (χ1n) is 7.58. The van der Waals surface area contributed by atoms with Crippen molar-refractivity contribution in [2.45, 2.75) is 64.7 Å². The van der Waals surface area contributed by atoms with Crippen LogP contribution in [0.3, 0.4) is 0 Å². The van der Waals surface area contributed by atoms with Gasteiger partial charge in [0, 0.05) is 0 Å². The molecule has 0 unspecified atom stereocenters. The van der Waals surface area contributed by atoms with Gasteiger partial charge >= 0.3 is 5.97 Å². The van der Waals surface area contributed by atoms with Gasteiger partial charge in [0.2, 0.25) is 0 Å². The topological polar surface area (TPSA) is 37.3 Å². The van der Waals surface area contributed by atoms with Crippen LogP contribution in [0.15, 0.2) is 18.2 Å². The van der Waals surface area contributed by atoms with Crippen molar-refractivity contribution >= 4 is 5.97 Å². The summed E-state index contributed by atoms with van der Waals surface area (Å²) in [6.45, 7) is 11.0. The molecule has 0 aliphatic heterocycles. The lowest BCUT2D eigenvalue weighted by atomic mass is 9.75. The third-order valence-electron chi connectivity index (χ3n) is 5.19. The molecule has 1 aromatic carbocycles. The summed E-state index contributed by atoms with van der Waals surface area (Å²) in [6, 6.07) is 5.95. The van der Waals surface area contributed by atoms with Gasteiger partial charge in [0.05, 0.1) is 5.56 Å². The van der Waals surface area contributed by atoms with E-state index in [4.69, 9.17) is 0 Å². The standard InChI is InChI=1S/C18H26O2/c1-6-17(2,3)14-9-12(16(19)20)10-15(11-14)18(4,5)13-7-8-13/h9-11,13H,6-8H2,1-5H3,(H,19,20). The maximum absolute atomic E-state index is 11.4. The Bertz CT molecular complexity index is 522. The highest BCUT2D eigenvalue weighted by molar-refractivity contribution is 5.88. The quantitative estimate of drug-likeness (QED) is 0.840. The highest BCUT2D eigenvalue weighted by atomic mass is 16.4. The molecule has 2 nitrogen and oxygen atoms in total. The first-order chi connectivity index (χ1) is 9.18. The molecule has 20 heavy (non-hydrogen) atoms. The highest BCUT2D eigenvalue weighted by Crippen LogP contribution is 2.47. The molecule has 2 rings (SSSR count). The second-order valence-corrected chi connectivity index (χ2v) is 7.34. The van der Waals surface area contributed by atoms with Crippen LogP contribution in [0.5, 0.6) is 0 Å². The van der Waals surface area contributed by atoms with E-state index in [1.807, 2.05) is 12.1 Å². The van der Waals surface area contributed by atoms with Crippen LogP contribution in [-0.2, 0) is 10.8 Å². The van der Waals surface area contributed by atoms with Crippen molar-refractivity contribution in [2.24, 2.45) is 5.92 Å². The van der Waals surface area contributed by atoms with Gasteiger partial charge in [0.15, 0.2) is 0 Å². The molecular weight excluding hydrogens is 248 g/mol. The van der Waals surface area contributed by atoms with Crippen molar-refractivity contribution in [3.05, 3.63) is 34.9 Å². The molecule has 0 saturated heterocycles. The Kier molecular flexibility index (Phi) is 3.70. The summed E-state index contributed by atoms with van der Waals surface area (Å²) in [5.74, 6) is -0.129. The highest BCUT2D eigenvalue weighted by Gasteiger charge is 2.39. The lowest BCUT2D eigenvalue weighted by molar-refractivity contribution is 0.0696. The lowest BCUT2D eigenvalue weighted by Gasteiger charge is -2.30. The van der Waals surface area contributed by atoms with Crippen molar-refractivity contribution in [3.63, 3.8) is 0 Å². The zero-order valence-corrected chi connectivity index (χ0v) is 13.3. The predicted octanol–water partition coefficient (Wildman–Crippen LogP) is 4.76. The summed E-state index contributed by atoms with van der Waals surface area (Å²) in [5.41, 5.74) is 2.83. The summed E-state index contributed by atoms with van der Waals surface area (Å²) in [7, 11) is 0. The largest absolute Gasteiger partial charge is 0.478 e. The fourth-order valence-corrected chi connectivity index (χ4v) is 2.76. The SMILES string of the molecule is CCC(C)(C)c1cc(C(=O)O)cc(C(C)(C)C2CC2)c1. The van der Waals surface area contributed by atoms with Gasteiger partial charge in [-0.1, -0.05) is 40.7 Å². The van der Waals surface area contributed by atoms with Crippen LogP contribution < -0.4 is 0 Å². The van der Waals surface area contributed by atoms with Crippen molar-refractivity contribution in [3.8, 4) is 0 Å². The zero-order valence-electron chi connectivity index (χ0n) is 13.3. The Balaban J connectivity index is 2.54. The predicted molar refractivity (Wildman–Crippen MR) is 82.5 cm³/mol. The number of carboxylic acids is 1. The molecule has 2 heteroatoms. The number of benzene rings is 1. The molecule has 0 heterocycles. The molecule has 110 valence electrons. The monoisotopic (exact) mass is 274 g/mol. The minimum Gasteiger partial charge on any atom is -0.478 e. The van der Waals surface area contributed by atoms with Gasteiger partial charge in [0.25, 0.3) is 0 Å². The third-order valence-corrected chi connectivity index (χ3v) is 5.19. The Hall–Kier alpha value is -1.31. The molecule has 1 N–H and O–H groups in total. The lowest BCUT2D eigenvalue weighted by Crippen LogP contribution is -2.23. The normalized spacial score (nSPS) is 16.2. The molecule has 0 spiro atoms. The molecule has 0 atom stereocenters. The van der Waals surface area contributed by atoms with Crippen molar-refractivity contribution in [2.75, 3.05) is 0 Å². The van der Waals surface area contributed by atoms with Crippen molar-refractivity contribution in [1.82, 2.24) is 0 Å². The summed E-state index contributed by atoms with van der Waals surface area (Å²) in [5, 5.41) is 9.39. The summed E-state index contributed by atoms with van der Waals surface area (Å²) >= 11 is 0. The molecule has 1 saturated carbocycles. The van der Waals surface area contributed by atoms with Gasteiger partial charge in [-0.05, 0) is 59.3 Å². The smallest absolute Gasteiger partial charge is 0.335 e. The van der Waals surface area contributed by atoms with E-state index in [0.29, 0.717) is 11.5 Å². The van der Waals surface area contributed by atoms with E-state index in [0.717, 1.165) is 12.0 Å². The molecule has 0 radical (unpaired) electrons. The minimum atomic E-state index is -0.827. The first-order valence-corrected chi connectivity index (χ1v) is 7.58. The second-order valence-electron chi connectivity index (χ2n) is 7.34. The fourth-order valence-electron chi connectivity index (χ4n) is 2.76. The third kappa shape index (κ3) is 2.74. The number of hydrogen-bond donors (Lipinski definition) is 1. The van der Waals surface area contributed by atoms with Crippen LogP contribution in [0.4, 0.5) is 0 Å². The summed E-state index contributed by atoms with van der Waals surface area (Å²) < 4.78 is 0. The van der Waals surface area contributed by atoms with E-state index in [1.54, 1.807) is 0 Å². The molecule has 0 aromatic heterocycles. The number of aromatic carboxylic acids is 1. The Morgan fingerprint density at radius 2 is 1.70 bits per heavy atom. The Labute approximate surface area is 122 Å². The van der Waals surface area contributed by atoms with E-state index in [-0.39, 0.29) is 10.8 Å². The van der Waals surface area contributed by atoms with Crippen LogP contribution >= 0.6 is 0 Å². The van der Waals surface area contributed by atoms with Gasteiger partial charge < -0.3 is 5.11 Å². The number of carboxylic acid groups (broad SMARTS) is 1.